The van der Waals surface area contributed by atoms with Crippen molar-refractivity contribution in [3.8, 4) is 11.5 Å². The number of allylic oxidation sites excluding steroid dienone is 1. The van der Waals surface area contributed by atoms with Crippen LogP contribution in [-0.4, -0.2) is 33.3 Å². The molecule has 2 aromatic rings. The van der Waals surface area contributed by atoms with Crippen LogP contribution in [0.5, 0.6) is 11.5 Å². The predicted molar refractivity (Wildman–Crippen MR) is 110 cm³/mol. The van der Waals surface area contributed by atoms with Crippen molar-refractivity contribution < 1.29 is 32.9 Å². The van der Waals surface area contributed by atoms with Gasteiger partial charge in [0.15, 0.2) is 11.5 Å². The van der Waals surface area contributed by atoms with E-state index in [1.807, 2.05) is 0 Å². The van der Waals surface area contributed by atoms with Crippen molar-refractivity contribution in [3.63, 3.8) is 0 Å². The molecule has 6 nitrogen and oxygen atoms in total. The highest BCUT2D eigenvalue weighted by Crippen LogP contribution is 2.35. The van der Waals surface area contributed by atoms with E-state index in [4.69, 9.17) is 9.47 Å². The summed E-state index contributed by atoms with van der Waals surface area (Å²) in [7, 11) is 3.83. The molecule has 0 saturated heterocycles. The summed E-state index contributed by atoms with van der Waals surface area (Å²) in [6.45, 7) is 3.95. The van der Waals surface area contributed by atoms with Crippen LogP contribution in [0.2, 0.25) is 0 Å². The van der Waals surface area contributed by atoms with Crippen LogP contribution >= 0.6 is 0 Å². The number of benzene rings is 2. The molecule has 0 aliphatic carbocycles. The molecule has 2 rings (SSSR count). The molecular formula is C23H23FO6. The Bertz CT molecular complexity index is 929. The molecule has 0 aromatic heterocycles. The van der Waals surface area contributed by atoms with Crippen molar-refractivity contribution in [1.82, 2.24) is 0 Å². The second-order valence-corrected chi connectivity index (χ2v) is 6.16. The number of methoxy groups -OCH3 is 3. The third kappa shape index (κ3) is 5.70. The van der Waals surface area contributed by atoms with Crippen LogP contribution in [0.15, 0.2) is 54.6 Å². The van der Waals surface area contributed by atoms with Gasteiger partial charge in [-0.05, 0) is 47.9 Å². The van der Waals surface area contributed by atoms with Crippen LogP contribution < -0.4 is 9.47 Å². The SMILES string of the molecule is C=CCc1cc(C=C(C(=O)OC)C(=O)OC)cc(OC)c1OCc1ccc(F)cc1. The van der Waals surface area contributed by atoms with E-state index >= 15 is 0 Å². The van der Waals surface area contributed by atoms with Gasteiger partial charge in [0.25, 0.3) is 0 Å². The zero-order chi connectivity index (χ0) is 22.1. The standard InChI is InChI=1S/C23H23FO6/c1-5-6-17-11-16(12-19(22(25)28-3)23(26)29-4)13-20(27-2)21(17)30-14-15-7-9-18(24)10-8-15/h5,7-13H,1,6,14H2,2-4H3. The molecule has 0 amide bonds. The van der Waals surface area contributed by atoms with Gasteiger partial charge in [-0.3, -0.25) is 0 Å². The minimum Gasteiger partial charge on any atom is -0.493 e. The van der Waals surface area contributed by atoms with Gasteiger partial charge >= 0.3 is 11.9 Å². The van der Waals surface area contributed by atoms with E-state index in [9.17, 15) is 14.0 Å². The summed E-state index contributed by atoms with van der Waals surface area (Å²) in [5, 5.41) is 0. The lowest BCUT2D eigenvalue weighted by molar-refractivity contribution is -0.143. The van der Waals surface area contributed by atoms with E-state index in [1.54, 1.807) is 30.3 Å². The molecule has 0 aliphatic heterocycles. The Morgan fingerprint density at radius 1 is 1.03 bits per heavy atom. The van der Waals surface area contributed by atoms with Crippen LogP contribution in [-0.2, 0) is 32.1 Å². The third-order valence-corrected chi connectivity index (χ3v) is 4.16. The van der Waals surface area contributed by atoms with Gasteiger partial charge < -0.3 is 18.9 Å². The highest BCUT2D eigenvalue weighted by molar-refractivity contribution is 6.17. The summed E-state index contributed by atoms with van der Waals surface area (Å²) < 4.78 is 33.8. The van der Waals surface area contributed by atoms with Crippen molar-refractivity contribution in [2.75, 3.05) is 21.3 Å². The van der Waals surface area contributed by atoms with Crippen LogP contribution in [0, 0.1) is 5.82 Å². The van der Waals surface area contributed by atoms with E-state index in [1.165, 1.54) is 39.5 Å². The van der Waals surface area contributed by atoms with Crippen molar-refractivity contribution in [2.45, 2.75) is 13.0 Å². The minimum absolute atomic E-state index is 0.200. The van der Waals surface area contributed by atoms with Crippen molar-refractivity contribution in [3.05, 3.63) is 77.1 Å². The van der Waals surface area contributed by atoms with E-state index in [2.05, 4.69) is 16.1 Å². The number of hydrogen-bond acceptors (Lipinski definition) is 6. The number of ether oxygens (including phenoxy) is 4. The van der Waals surface area contributed by atoms with Gasteiger partial charge in [0.05, 0.1) is 21.3 Å². The van der Waals surface area contributed by atoms with E-state index in [0.29, 0.717) is 23.5 Å². The van der Waals surface area contributed by atoms with Gasteiger partial charge in [-0.25, -0.2) is 14.0 Å². The molecule has 0 fully saturated rings. The smallest absolute Gasteiger partial charge is 0.345 e. The zero-order valence-electron chi connectivity index (χ0n) is 17.1. The second kappa shape index (κ2) is 10.8. The minimum atomic E-state index is -0.817. The molecule has 0 atom stereocenters. The molecule has 0 saturated carbocycles. The van der Waals surface area contributed by atoms with Crippen molar-refractivity contribution in [2.24, 2.45) is 0 Å². The Morgan fingerprint density at radius 2 is 1.67 bits per heavy atom. The Balaban J connectivity index is 2.45. The Morgan fingerprint density at radius 3 is 2.20 bits per heavy atom. The van der Waals surface area contributed by atoms with Gasteiger partial charge in [-0.1, -0.05) is 18.2 Å². The number of rotatable bonds is 9. The van der Waals surface area contributed by atoms with E-state index in [0.717, 1.165) is 11.1 Å². The molecule has 7 heteroatoms. The monoisotopic (exact) mass is 414 g/mol. The van der Waals surface area contributed by atoms with Gasteiger partial charge in [0.2, 0.25) is 0 Å². The maximum atomic E-state index is 13.1. The van der Waals surface area contributed by atoms with Crippen LogP contribution in [0.25, 0.3) is 6.08 Å². The fraction of sp³-hybridized carbons (Fsp3) is 0.217. The first kappa shape index (κ1) is 22.7. The number of carbonyl (C=O) groups excluding carboxylic acids is 2. The topological polar surface area (TPSA) is 71.1 Å². The maximum absolute atomic E-state index is 13.1. The fourth-order valence-electron chi connectivity index (χ4n) is 2.71. The number of esters is 2. The average Bonchev–Trinajstić information content (AvgIpc) is 2.76. The molecule has 0 spiro atoms. The normalized spacial score (nSPS) is 10.0. The first-order valence-electron chi connectivity index (χ1n) is 9.00. The van der Waals surface area contributed by atoms with Crippen LogP contribution in [0.4, 0.5) is 4.39 Å². The maximum Gasteiger partial charge on any atom is 0.345 e. The van der Waals surface area contributed by atoms with Crippen LogP contribution in [0.1, 0.15) is 16.7 Å². The quantitative estimate of drug-likeness (QED) is 0.204. The first-order valence-corrected chi connectivity index (χ1v) is 9.00. The molecule has 0 unspecified atom stereocenters. The summed E-state index contributed by atoms with van der Waals surface area (Å²) >= 11 is 0. The highest BCUT2D eigenvalue weighted by atomic mass is 19.1. The third-order valence-electron chi connectivity index (χ3n) is 4.16. The number of carbonyl (C=O) groups is 2. The molecule has 158 valence electrons. The summed E-state index contributed by atoms with van der Waals surface area (Å²) in [5.74, 6) is -1.08. The molecule has 0 radical (unpaired) electrons. The van der Waals surface area contributed by atoms with Gasteiger partial charge in [0, 0.05) is 5.56 Å². The van der Waals surface area contributed by atoms with Gasteiger partial charge in [0.1, 0.15) is 18.0 Å². The summed E-state index contributed by atoms with van der Waals surface area (Å²) in [5.41, 5.74) is 1.77. The van der Waals surface area contributed by atoms with Gasteiger partial charge in [-0.15, -0.1) is 6.58 Å². The largest absolute Gasteiger partial charge is 0.493 e. The zero-order valence-corrected chi connectivity index (χ0v) is 17.1. The lowest BCUT2D eigenvalue weighted by Gasteiger charge is -2.16. The van der Waals surface area contributed by atoms with Gasteiger partial charge in [-0.2, -0.15) is 0 Å². The van der Waals surface area contributed by atoms with Crippen LogP contribution in [0.3, 0.4) is 0 Å². The summed E-state index contributed by atoms with van der Waals surface area (Å²) in [4.78, 5) is 23.9. The number of halogens is 1. The molecule has 2 aromatic carbocycles. The molecule has 30 heavy (non-hydrogen) atoms. The summed E-state index contributed by atoms with van der Waals surface area (Å²) in [6.07, 6.45) is 3.49. The molecular weight excluding hydrogens is 391 g/mol. The van der Waals surface area contributed by atoms with E-state index in [-0.39, 0.29) is 18.0 Å². The number of hydrogen-bond donors (Lipinski definition) is 0. The molecule has 0 N–H and O–H groups in total. The predicted octanol–water partition coefficient (Wildman–Crippen LogP) is 3.87. The lowest BCUT2D eigenvalue weighted by atomic mass is 10.0. The Hall–Kier alpha value is -3.61. The lowest BCUT2D eigenvalue weighted by Crippen LogP contribution is -2.15. The molecule has 0 heterocycles. The second-order valence-electron chi connectivity index (χ2n) is 6.16. The Labute approximate surface area is 174 Å². The van der Waals surface area contributed by atoms with Crippen molar-refractivity contribution >= 4 is 18.0 Å². The van der Waals surface area contributed by atoms with E-state index < -0.39 is 11.9 Å². The fourth-order valence-corrected chi connectivity index (χ4v) is 2.71. The molecule has 0 bridgehead atoms. The summed E-state index contributed by atoms with van der Waals surface area (Å²) in [6, 6.07) is 9.34. The first-order chi connectivity index (χ1) is 14.4. The highest BCUT2D eigenvalue weighted by Gasteiger charge is 2.21. The molecule has 0 aliphatic rings. The average molecular weight is 414 g/mol. The van der Waals surface area contributed by atoms with Crippen molar-refractivity contribution in [1.29, 1.82) is 0 Å². The Kier molecular flexibility index (Phi) is 8.17.